The Kier molecular flexibility index (Phi) is 3.97. The minimum absolute atomic E-state index is 0.0583. The quantitative estimate of drug-likeness (QED) is 0.796. The van der Waals surface area contributed by atoms with E-state index < -0.39 is 0 Å². The molecule has 0 amide bonds. The Hall–Kier alpha value is -1.22. The Labute approximate surface area is 90.9 Å². The van der Waals surface area contributed by atoms with Crippen LogP contribution in [0.3, 0.4) is 0 Å². The van der Waals surface area contributed by atoms with Gasteiger partial charge in [0, 0.05) is 6.04 Å². The molecule has 0 heterocycles. The molecule has 3 heteroatoms. The fourth-order valence-electron chi connectivity index (χ4n) is 1.34. The fraction of sp³-hybridized carbons (Fsp3) is 0.500. The SMILES string of the molecule is COc1ccc(O)c(CC(N)C(C)C)c1. The molecule has 0 aliphatic heterocycles. The molecule has 0 aliphatic carbocycles. The second kappa shape index (κ2) is 5.03. The maximum atomic E-state index is 9.65. The predicted molar refractivity (Wildman–Crippen MR) is 61.2 cm³/mol. The van der Waals surface area contributed by atoms with Gasteiger partial charge in [0.05, 0.1) is 7.11 Å². The summed E-state index contributed by atoms with van der Waals surface area (Å²) in [6.07, 6.45) is 0.667. The van der Waals surface area contributed by atoms with Crippen LogP contribution in [0.5, 0.6) is 11.5 Å². The highest BCUT2D eigenvalue weighted by molar-refractivity contribution is 5.39. The number of ether oxygens (including phenoxy) is 1. The van der Waals surface area contributed by atoms with E-state index in [1.165, 1.54) is 0 Å². The first-order valence-corrected chi connectivity index (χ1v) is 5.16. The van der Waals surface area contributed by atoms with Gasteiger partial charge in [-0.3, -0.25) is 0 Å². The van der Waals surface area contributed by atoms with Crippen molar-refractivity contribution in [2.45, 2.75) is 26.3 Å². The maximum absolute atomic E-state index is 9.65. The van der Waals surface area contributed by atoms with Crippen LogP contribution < -0.4 is 10.5 Å². The minimum atomic E-state index is 0.0583. The van der Waals surface area contributed by atoms with Crippen molar-refractivity contribution in [3.8, 4) is 11.5 Å². The van der Waals surface area contributed by atoms with Crippen LogP contribution >= 0.6 is 0 Å². The van der Waals surface area contributed by atoms with E-state index >= 15 is 0 Å². The zero-order valence-electron chi connectivity index (χ0n) is 9.53. The predicted octanol–water partition coefficient (Wildman–Crippen LogP) is 1.93. The highest BCUT2D eigenvalue weighted by atomic mass is 16.5. The van der Waals surface area contributed by atoms with Gasteiger partial charge in [-0.05, 0) is 36.1 Å². The Morgan fingerprint density at radius 2 is 2.07 bits per heavy atom. The molecule has 0 aliphatic rings. The smallest absolute Gasteiger partial charge is 0.119 e. The second-order valence-electron chi connectivity index (χ2n) is 4.11. The molecule has 1 unspecified atom stereocenters. The summed E-state index contributed by atoms with van der Waals surface area (Å²) in [7, 11) is 1.61. The zero-order valence-corrected chi connectivity index (χ0v) is 9.53. The molecular weight excluding hydrogens is 190 g/mol. The van der Waals surface area contributed by atoms with Gasteiger partial charge in [-0.2, -0.15) is 0 Å². The molecule has 3 N–H and O–H groups in total. The second-order valence-corrected chi connectivity index (χ2v) is 4.11. The van der Waals surface area contributed by atoms with E-state index in [0.717, 1.165) is 11.3 Å². The van der Waals surface area contributed by atoms with Gasteiger partial charge in [-0.25, -0.2) is 0 Å². The number of hydrogen-bond donors (Lipinski definition) is 2. The molecule has 1 rings (SSSR count). The van der Waals surface area contributed by atoms with Gasteiger partial charge in [-0.15, -0.1) is 0 Å². The molecule has 84 valence electrons. The monoisotopic (exact) mass is 209 g/mol. The largest absolute Gasteiger partial charge is 0.508 e. The summed E-state index contributed by atoms with van der Waals surface area (Å²) >= 11 is 0. The molecule has 1 aromatic rings. The van der Waals surface area contributed by atoms with Crippen molar-refractivity contribution >= 4 is 0 Å². The van der Waals surface area contributed by atoms with Crippen LogP contribution in [0.1, 0.15) is 19.4 Å². The summed E-state index contributed by atoms with van der Waals surface area (Å²) in [5.74, 6) is 1.43. The van der Waals surface area contributed by atoms with Crippen molar-refractivity contribution in [2.24, 2.45) is 11.7 Å². The van der Waals surface area contributed by atoms with Gasteiger partial charge in [0.25, 0.3) is 0 Å². The number of benzene rings is 1. The van der Waals surface area contributed by atoms with Crippen molar-refractivity contribution in [1.82, 2.24) is 0 Å². The molecule has 15 heavy (non-hydrogen) atoms. The van der Waals surface area contributed by atoms with Crippen LogP contribution in [-0.4, -0.2) is 18.3 Å². The number of phenols is 1. The highest BCUT2D eigenvalue weighted by Crippen LogP contribution is 2.24. The molecule has 0 saturated carbocycles. The lowest BCUT2D eigenvalue weighted by Gasteiger charge is -2.16. The molecule has 0 spiro atoms. The average molecular weight is 209 g/mol. The van der Waals surface area contributed by atoms with E-state index in [9.17, 15) is 5.11 Å². The Morgan fingerprint density at radius 3 is 2.60 bits per heavy atom. The Bertz CT molecular complexity index is 323. The summed E-state index contributed by atoms with van der Waals surface area (Å²) < 4.78 is 5.10. The van der Waals surface area contributed by atoms with Crippen molar-refractivity contribution in [3.63, 3.8) is 0 Å². The number of hydrogen-bond acceptors (Lipinski definition) is 3. The summed E-state index contributed by atoms with van der Waals surface area (Å²) in [5, 5.41) is 9.65. The van der Waals surface area contributed by atoms with Crippen LogP contribution in [0.4, 0.5) is 0 Å². The van der Waals surface area contributed by atoms with Crippen molar-refractivity contribution in [2.75, 3.05) is 7.11 Å². The molecule has 1 aromatic carbocycles. The lowest BCUT2D eigenvalue weighted by Crippen LogP contribution is -2.28. The molecule has 3 nitrogen and oxygen atoms in total. The lowest BCUT2D eigenvalue weighted by molar-refractivity contribution is 0.408. The molecule has 0 aromatic heterocycles. The normalized spacial score (nSPS) is 12.9. The molecule has 0 saturated heterocycles. The first-order valence-electron chi connectivity index (χ1n) is 5.16. The van der Waals surface area contributed by atoms with E-state index in [4.69, 9.17) is 10.5 Å². The number of phenolic OH excluding ortho intramolecular Hbond substituents is 1. The van der Waals surface area contributed by atoms with Crippen molar-refractivity contribution in [1.29, 1.82) is 0 Å². The molecule has 1 atom stereocenters. The van der Waals surface area contributed by atoms with Gasteiger partial charge in [0.15, 0.2) is 0 Å². The van der Waals surface area contributed by atoms with Crippen LogP contribution in [0, 0.1) is 5.92 Å². The fourth-order valence-corrected chi connectivity index (χ4v) is 1.34. The molecule has 0 radical (unpaired) electrons. The Morgan fingerprint density at radius 1 is 1.40 bits per heavy atom. The van der Waals surface area contributed by atoms with E-state index in [1.807, 2.05) is 6.07 Å². The average Bonchev–Trinajstić information content (AvgIpc) is 2.21. The summed E-state index contributed by atoms with van der Waals surface area (Å²) in [6, 6.07) is 5.27. The Balaban J connectivity index is 2.83. The molecule has 0 bridgehead atoms. The summed E-state index contributed by atoms with van der Waals surface area (Å²) in [5.41, 5.74) is 6.80. The number of aromatic hydroxyl groups is 1. The zero-order chi connectivity index (χ0) is 11.4. The van der Waals surface area contributed by atoms with Gasteiger partial charge < -0.3 is 15.6 Å². The maximum Gasteiger partial charge on any atom is 0.119 e. The van der Waals surface area contributed by atoms with Crippen LogP contribution in [0.15, 0.2) is 18.2 Å². The van der Waals surface area contributed by atoms with E-state index in [1.54, 1.807) is 19.2 Å². The van der Waals surface area contributed by atoms with Gasteiger partial charge in [0.1, 0.15) is 11.5 Å². The third-order valence-electron chi connectivity index (χ3n) is 2.60. The highest BCUT2D eigenvalue weighted by Gasteiger charge is 2.11. The van der Waals surface area contributed by atoms with Crippen molar-refractivity contribution < 1.29 is 9.84 Å². The van der Waals surface area contributed by atoms with Gasteiger partial charge in [-0.1, -0.05) is 13.8 Å². The van der Waals surface area contributed by atoms with Crippen LogP contribution in [0.2, 0.25) is 0 Å². The standard InChI is InChI=1S/C12H19NO2/c1-8(2)11(13)7-9-6-10(15-3)4-5-12(9)14/h4-6,8,11,14H,7,13H2,1-3H3. The summed E-state index contributed by atoms with van der Waals surface area (Å²) in [6.45, 7) is 4.14. The van der Waals surface area contributed by atoms with Crippen LogP contribution in [0.25, 0.3) is 0 Å². The molecule has 0 fully saturated rings. The van der Waals surface area contributed by atoms with Gasteiger partial charge in [0.2, 0.25) is 0 Å². The van der Waals surface area contributed by atoms with Crippen LogP contribution in [-0.2, 0) is 6.42 Å². The first kappa shape index (κ1) is 11.9. The number of rotatable bonds is 4. The van der Waals surface area contributed by atoms with Crippen molar-refractivity contribution in [3.05, 3.63) is 23.8 Å². The van der Waals surface area contributed by atoms with E-state index in [2.05, 4.69) is 13.8 Å². The number of methoxy groups -OCH3 is 1. The lowest BCUT2D eigenvalue weighted by atomic mass is 9.97. The third-order valence-corrected chi connectivity index (χ3v) is 2.60. The van der Waals surface area contributed by atoms with Gasteiger partial charge >= 0.3 is 0 Å². The van der Waals surface area contributed by atoms with E-state index in [-0.39, 0.29) is 11.8 Å². The van der Waals surface area contributed by atoms with E-state index in [0.29, 0.717) is 12.3 Å². The third kappa shape index (κ3) is 3.13. The topological polar surface area (TPSA) is 55.5 Å². The minimum Gasteiger partial charge on any atom is -0.508 e. The number of nitrogens with two attached hydrogens (primary N) is 1. The summed E-state index contributed by atoms with van der Waals surface area (Å²) in [4.78, 5) is 0. The first-order chi connectivity index (χ1) is 7.04. The molecular formula is C12H19NO2.